The summed E-state index contributed by atoms with van der Waals surface area (Å²) in [5.41, 5.74) is 1.57. The van der Waals surface area contributed by atoms with E-state index in [2.05, 4.69) is 29.0 Å². The Morgan fingerprint density at radius 3 is 2.31 bits per heavy atom. The molecular formula is C21H24FN5OS. The molecular weight excluding hydrogens is 389 g/mol. The van der Waals surface area contributed by atoms with E-state index in [4.69, 9.17) is 0 Å². The number of amides is 1. The third-order valence-corrected chi connectivity index (χ3v) is 5.23. The van der Waals surface area contributed by atoms with Crippen LogP contribution in [0.2, 0.25) is 0 Å². The van der Waals surface area contributed by atoms with Crippen LogP contribution in [0.4, 0.5) is 4.39 Å². The van der Waals surface area contributed by atoms with Crippen molar-refractivity contribution in [2.75, 3.05) is 18.8 Å². The molecule has 0 atom stereocenters. The van der Waals surface area contributed by atoms with Crippen molar-refractivity contribution in [1.29, 1.82) is 0 Å². The Morgan fingerprint density at radius 2 is 1.69 bits per heavy atom. The molecule has 0 aliphatic heterocycles. The van der Waals surface area contributed by atoms with E-state index in [0.717, 1.165) is 37.2 Å². The highest BCUT2D eigenvalue weighted by Gasteiger charge is 2.19. The van der Waals surface area contributed by atoms with Crippen molar-refractivity contribution in [2.45, 2.75) is 31.8 Å². The molecule has 2 heterocycles. The molecule has 0 aliphatic rings. The summed E-state index contributed by atoms with van der Waals surface area (Å²) in [7, 11) is 0. The van der Waals surface area contributed by atoms with Crippen LogP contribution in [-0.4, -0.2) is 49.4 Å². The lowest BCUT2D eigenvalue weighted by Crippen LogP contribution is -2.33. The van der Waals surface area contributed by atoms with Gasteiger partial charge in [0.05, 0.1) is 5.75 Å². The second-order valence-electron chi connectivity index (χ2n) is 6.52. The van der Waals surface area contributed by atoms with Gasteiger partial charge < -0.3 is 4.90 Å². The average molecular weight is 414 g/mol. The van der Waals surface area contributed by atoms with Crippen LogP contribution < -0.4 is 0 Å². The maximum atomic E-state index is 13.4. The molecule has 0 unspecified atom stereocenters. The molecule has 29 heavy (non-hydrogen) atoms. The van der Waals surface area contributed by atoms with Gasteiger partial charge in [-0.15, -0.1) is 10.2 Å². The van der Waals surface area contributed by atoms with Gasteiger partial charge in [0.15, 0.2) is 11.0 Å². The predicted molar refractivity (Wildman–Crippen MR) is 112 cm³/mol. The number of hydrogen-bond donors (Lipinski definition) is 0. The molecule has 6 nitrogen and oxygen atoms in total. The maximum absolute atomic E-state index is 13.4. The molecule has 0 bridgehead atoms. The Morgan fingerprint density at radius 1 is 1.03 bits per heavy atom. The number of halogens is 1. The fourth-order valence-corrected chi connectivity index (χ4v) is 3.85. The molecule has 2 aromatic heterocycles. The molecule has 0 N–H and O–H groups in total. The van der Waals surface area contributed by atoms with E-state index in [1.54, 1.807) is 24.5 Å². The van der Waals surface area contributed by atoms with Gasteiger partial charge in [0, 0.05) is 36.7 Å². The second-order valence-corrected chi connectivity index (χ2v) is 7.47. The van der Waals surface area contributed by atoms with Crippen molar-refractivity contribution < 1.29 is 9.18 Å². The zero-order chi connectivity index (χ0) is 20.6. The van der Waals surface area contributed by atoms with Gasteiger partial charge in [0.25, 0.3) is 0 Å². The van der Waals surface area contributed by atoms with Gasteiger partial charge in [-0.3, -0.25) is 14.3 Å². The first-order valence-corrected chi connectivity index (χ1v) is 10.6. The number of carbonyl (C=O) groups is 1. The van der Waals surface area contributed by atoms with E-state index in [9.17, 15) is 9.18 Å². The quantitative estimate of drug-likeness (QED) is 0.492. The molecule has 0 fully saturated rings. The first-order chi connectivity index (χ1) is 14.1. The molecule has 0 spiro atoms. The molecule has 8 heteroatoms. The maximum Gasteiger partial charge on any atom is 0.233 e. The molecule has 152 valence electrons. The topological polar surface area (TPSA) is 63.9 Å². The van der Waals surface area contributed by atoms with Gasteiger partial charge in [0.2, 0.25) is 5.91 Å². The minimum Gasteiger partial charge on any atom is -0.342 e. The Kier molecular flexibility index (Phi) is 7.35. The molecule has 0 saturated heterocycles. The number of aromatic nitrogens is 4. The SMILES string of the molecule is CCCN(CCC)C(=O)CSc1nnc(-c2ccncc2)n1-c1ccc(F)cc1. The summed E-state index contributed by atoms with van der Waals surface area (Å²) < 4.78 is 15.3. The molecule has 1 aromatic carbocycles. The van der Waals surface area contributed by atoms with Crippen LogP contribution >= 0.6 is 11.8 Å². The van der Waals surface area contributed by atoms with Crippen LogP contribution in [-0.2, 0) is 4.79 Å². The first-order valence-electron chi connectivity index (χ1n) is 9.66. The van der Waals surface area contributed by atoms with Crippen molar-refractivity contribution in [3.63, 3.8) is 0 Å². The summed E-state index contributed by atoms with van der Waals surface area (Å²) >= 11 is 1.34. The van der Waals surface area contributed by atoms with Crippen molar-refractivity contribution in [2.24, 2.45) is 0 Å². The monoisotopic (exact) mass is 413 g/mol. The van der Waals surface area contributed by atoms with Crippen molar-refractivity contribution in [3.8, 4) is 17.1 Å². The Balaban J connectivity index is 1.90. The standard InChI is InChI=1S/C21H24FN5OS/c1-3-13-26(14-4-2)19(28)15-29-21-25-24-20(16-9-11-23-12-10-16)27(21)18-7-5-17(22)6-8-18/h5-12H,3-4,13-15H2,1-2H3. The van der Waals surface area contributed by atoms with E-state index in [-0.39, 0.29) is 17.5 Å². The zero-order valence-electron chi connectivity index (χ0n) is 16.6. The fraction of sp³-hybridized carbons (Fsp3) is 0.333. The van der Waals surface area contributed by atoms with E-state index in [1.165, 1.54) is 23.9 Å². The number of rotatable bonds is 9. The van der Waals surface area contributed by atoms with Crippen molar-refractivity contribution in [1.82, 2.24) is 24.6 Å². The predicted octanol–water partition coefficient (Wildman–Crippen LogP) is 4.21. The first kappa shape index (κ1) is 21.0. The summed E-state index contributed by atoms with van der Waals surface area (Å²) in [5.74, 6) is 0.660. The van der Waals surface area contributed by atoms with Crippen molar-refractivity contribution in [3.05, 3.63) is 54.6 Å². The zero-order valence-corrected chi connectivity index (χ0v) is 17.4. The van der Waals surface area contributed by atoms with Gasteiger partial charge in [-0.05, 0) is 49.2 Å². The van der Waals surface area contributed by atoms with Gasteiger partial charge in [-0.2, -0.15) is 0 Å². The Bertz CT molecular complexity index is 924. The van der Waals surface area contributed by atoms with Gasteiger partial charge in [0.1, 0.15) is 5.82 Å². The highest BCUT2D eigenvalue weighted by molar-refractivity contribution is 7.99. The smallest absolute Gasteiger partial charge is 0.233 e. The fourth-order valence-electron chi connectivity index (χ4n) is 2.99. The minimum absolute atomic E-state index is 0.0813. The number of pyridine rings is 1. The van der Waals surface area contributed by atoms with Crippen LogP contribution in [0.3, 0.4) is 0 Å². The lowest BCUT2D eigenvalue weighted by Gasteiger charge is -2.21. The molecule has 3 rings (SSSR count). The van der Waals surface area contributed by atoms with E-state index in [1.807, 2.05) is 21.6 Å². The lowest BCUT2D eigenvalue weighted by molar-refractivity contribution is -0.128. The van der Waals surface area contributed by atoms with Crippen molar-refractivity contribution >= 4 is 17.7 Å². The van der Waals surface area contributed by atoms with Gasteiger partial charge >= 0.3 is 0 Å². The Hall–Kier alpha value is -2.74. The number of hydrogen-bond acceptors (Lipinski definition) is 5. The highest BCUT2D eigenvalue weighted by atomic mass is 32.2. The normalized spacial score (nSPS) is 10.9. The molecule has 0 saturated carbocycles. The number of benzene rings is 1. The summed E-state index contributed by atoms with van der Waals surface area (Å²) in [6, 6.07) is 9.83. The number of carbonyl (C=O) groups excluding carboxylic acids is 1. The molecule has 1 amide bonds. The number of nitrogens with zero attached hydrogens (tertiary/aromatic N) is 5. The summed E-state index contributed by atoms with van der Waals surface area (Å²) in [4.78, 5) is 18.6. The third kappa shape index (κ3) is 5.20. The van der Waals surface area contributed by atoms with Crippen LogP contribution in [0.1, 0.15) is 26.7 Å². The van der Waals surface area contributed by atoms with Crippen LogP contribution in [0.5, 0.6) is 0 Å². The summed E-state index contributed by atoms with van der Waals surface area (Å²) in [6.07, 6.45) is 5.22. The number of thioether (sulfide) groups is 1. The van der Waals surface area contributed by atoms with E-state index in [0.29, 0.717) is 11.0 Å². The second kappa shape index (κ2) is 10.2. The summed E-state index contributed by atoms with van der Waals surface area (Å²) in [5, 5.41) is 9.22. The highest BCUT2D eigenvalue weighted by Crippen LogP contribution is 2.28. The largest absolute Gasteiger partial charge is 0.342 e. The van der Waals surface area contributed by atoms with E-state index >= 15 is 0 Å². The lowest BCUT2D eigenvalue weighted by atomic mass is 10.2. The Labute approximate surface area is 174 Å². The van der Waals surface area contributed by atoms with Crippen LogP contribution in [0.15, 0.2) is 53.9 Å². The third-order valence-electron chi connectivity index (χ3n) is 4.32. The summed E-state index contributed by atoms with van der Waals surface area (Å²) in [6.45, 7) is 5.63. The van der Waals surface area contributed by atoms with Crippen LogP contribution in [0.25, 0.3) is 17.1 Å². The van der Waals surface area contributed by atoms with Gasteiger partial charge in [-0.25, -0.2) is 4.39 Å². The molecule has 0 aliphatic carbocycles. The van der Waals surface area contributed by atoms with E-state index < -0.39 is 0 Å². The minimum atomic E-state index is -0.313. The van der Waals surface area contributed by atoms with Gasteiger partial charge in [-0.1, -0.05) is 25.6 Å². The van der Waals surface area contributed by atoms with Crippen LogP contribution in [0, 0.1) is 5.82 Å². The average Bonchev–Trinajstić information content (AvgIpc) is 3.17. The molecule has 3 aromatic rings. The molecule has 0 radical (unpaired) electrons.